The van der Waals surface area contributed by atoms with E-state index in [0.29, 0.717) is 31.2 Å². The number of carbonyl (C=O) groups is 2. The van der Waals surface area contributed by atoms with Gasteiger partial charge in [-0.05, 0) is 42.7 Å². The molecule has 0 unspecified atom stereocenters. The normalized spacial score (nSPS) is 19.4. The number of amides is 1. The van der Waals surface area contributed by atoms with Crippen molar-refractivity contribution < 1.29 is 24.2 Å². The van der Waals surface area contributed by atoms with E-state index in [9.17, 15) is 14.7 Å². The Morgan fingerprint density at radius 2 is 1.59 bits per heavy atom. The zero-order valence-corrected chi connectivity index (χ0v) is 23.4. The molecule has 0 saturated carbocycles. The Labute approximate surface area is 240 Å². The van der Waals surface area contributed by atoms with Crippen LogP contribution in [0.3, 0.4) is 0 Å². The Balaban J connectivity index is 1.40. The quantitative estimate of drug-likeness (QED) is 0.320. The topological polar surface area (TPSA) is 104 Å². The van der Waals surface area contributed by atoms with Gasteiger partial charge >= 0.3 is 5.97 Å². The number of ether oxygens (including phenoxy) is 2. The summed E-state index contributed by atoms with van der Waals surface area (Å²) in [7, 11) is 0. The van der Waals surface area contributed by atoms with Crippen LogP contribution in [0.5, 0.6) is 11.5 Å². The van der Waals surface area contributed by atoms with Gasteiger partial charge in [0.25, 0.3) is 0 Å². The lowest BCUT2D eigenvalue weighted by molar-refractivity contribution is -0.153. The highest BCUT2D eigenvalue weighted by molar-refractivity contribution is 6.08. The molecule has 0 radical (unpaired) electrons. The van der Waals surface area contributed by atoms with Crippen LogP contribution in [0.1, 0.15) is 42.6 Å². The van der Waals surface area contributed by atoms with Crippen LogP contribution in [0.15, 0.2) is 83.9 Å². The van der Waals surface area contributed by atoms with Gasteiger partial charge in [0.15, 0.2) is 17.4 Å². The lowest BCUT2D eigenvalue weighted by Crippen LogP contribution is -2.57. The first-order valence-electron chi connectivity index (χ1n) is 14.1. The van der Waals surface area contributed by atoms with Crippen molar-refractivity contribution in [3.63, 3.8) is 0 Å². The molecule has 2 atom stereocenters. The van der Waals surface area contributed by atoms with E-state index in [1.807, 2.05) is 19.1 Å². The number of nitrogens with one attached hydrogen (secondary N) is 1. The number of aliphatic imine (C=N–C) groups is 1. The molecule has 3 aromatic rings. The van der Waals surface area contributed by atoms with Gasteiger partial charge in [0, 0.05) is 26.2 Å². The summed E-state index contributed by atoms with van der Waals surface area (Å²) in [6, 6.07) is 25.0. The molecule has 2 heterocycles. The molecule has 1 saturated heterocycles. The molecule has 9 heteroatoms. The van der Waals surface area contributed by atoms with Crippen LogP contribution < -0.4 is 10.1 Å². The number of benzene rings is 3. The first-order chi connectivity index (χ1) is 20.0. The van der Waals surface area contributed by atoms with Crippen LogP contribution >= 0.6 is 0 Å². The molecule has 1 amide bonds. The van der Waals surface area contributed by atoms with Gasteiger partial charge in [0.2, 0.25) is 11.9 Å². The minimum absolute atomic E-state index is 0.0183. The van der Waals surface area contributed by atoms with Crippen molar-refractivity contribution in [2.75, 3.05) is 39.4 Å². The molecule has 0 aliphatic carbocycles. The smallest absolute Gasteiger partial charge is 0.321 e. The molecule has 1 fully saturated rings. The van der Waals surface area contributed by atoms with Crippen LogP contribution in [0.25, 0.3) is 0 Å². The summed E-state index contributed by atoms with van der Waals surface area (Å²) in [6.45, 7) is 6.82. The fourth-order valence-electron chi connectivity index (χ4n) is 5.53. The molecule has 41 heavy (non-hydrogen) atoms. The summed E-state index contributed by atoms with van der Waals surface area (Å²) in [5.41, 5.74) is 3.04. The van der Waals surface area contributed by atoms with Crippen LogP contribution in [0, 0.1) is 5.92 Å². The number of hydrogen-bond donors (Lipinski definition) is 2. The van der Waals surface area contributed by atoms with Crippen molar-refractivity contribution in [3.05, 3.63) is 95.6 Å². The number of hydrogen-bond acceptors (Lipinski definition) is 8. The van der Waals surface area contributed by atoms with Crippen molar-refractivity contribution in [3.8, 4) is 11.5 Å². The summed E-state index contributed by atoms with van der Waals surface area (Å²) in [4.78, 5) is 35.6. The van der Waals surface area contributed by atoms with Gasteiger partial charge in [0.1, 0.15) is 6.04 Å². The molecular formula is C32H36N4O5. The molecule has 5 rings (SSSR count). The second-order valence-electron chi connectivity index (χ2n) is 10.0. The Hall–Kier alpha value is -4.37. The number of esters is 1. The third kappa shape index (κ3) is 6.20. The largest absolute Gasteiger partial charge is 0.504 e. The van der Waals surface area contributed by atoms with Crippen molar-refractivity contribution in [1.29, 1.82) is 0 Å². The van der Waals surface area contributed by atoms with E-state index in [2.05, 4.69) is 63.6 Å². The number of aromatic hydroxyl groups is 1. The van der Waals surface area contributed by atoms with Crippen LogP contribution in [-0.4, -0.2) is 72.1 Å². The highest BCUT2D eigenvalue weighted by atomic mass is 16.5. The maximum Gasteiger partial charge on any atom is 0.321 e. The van der Waals surface area contributed by atoms with Gasteiger partial charge in [-0.15, -0.1) is 0 Å². The number of carbonyl (C=O) groups excluding carboxylic acids is 2. The van der Waals surface area contributed by atoms with Crippen LogP contribution in [0.2, 0.25) is 0 Å². The van der Waals surface area contributed by atoms with E-state index in [0.717, 1.165) is 13.1 Å². The number of phenolic OH excluding ortho intramolecular Hbond substituents is 1. The first kappa shape index (κ1) is 28.2. The summed E-state index contributed by atoms with van der Waals surface area (Å²) < 4.78 is 10.8. The molecule has 0 spiro atoms. The predicted octanol–water partition coefficient (Wildman–Crippen LogP) is 3.90. The predicted molar refractivity (Wildman–Crippen MR) is 156 cm³/mol. The van der Waals surface area contributed by atoms with E-state index < -0.39 is 23.8 Å². The van der Waals surface area contributed by atoms with Crippen LogP contribution in [0.4, 0.5) is 0 Å². The lowest BCUT2D eigenvalue weighted by Gasteiger charge is -2.42. The number of nitrogens with zero attached hydrogens (tertiary/aromatic N) is 3. The third-order valence-electron chi connectivity index (χ3n) is 7.47. The summed E-state index contributed by atoms with van der Waals surface area (Å²) in [6.07, 6.45) is 0. The number of guanidine groups is 1. The molecular weight excluding hydrogens is 520 g/mol. The van der Waals surface area contributed by atoms with E-state index in [1.165, 1.54) is 17.2 Å². The minimum Gasteiger partial charge on any atom is -0.504 e. The van der Waals surface area contributed by atoms with Crippen molar-refractivity contribution >= 4 is 17.8 Å². The monoisotopic (exact) mass is 556 g/mol. The molecule has 0 aromatic heterocycles. The standard InChI is InChI=1S/C32H36N4O5/c1-3-40-26-21-24(15-16-25(26)37)28-27(31(39)41-4-2)30(38)34-32(33-28)36-19-17-35(18-20-36)29(22-11-7-5-8-12-22)23-13-9-6-10-14-23/h5-16,21,27-29,37H,3-4,17-20H2,1-2H3,(H,33,34,38)/t27-,28-/m0/s1. The van der Waals surface area contributed by atoms with E-state index in [4.69, 9.17) is 14.5 Å². The van der Waals surface area contributed by atoms with E-state index >= 15 is 0 Å². The Morgan fingerprint density at radius 1 is 0.951 bits per heavy atom. The SMILES string of the molecule is CCOC(=O)[C@@H]1C(=O)NC(N2CCN(C(c3ccccc3)c3ccccc3)CC2)=N[C@H]1c1ccc(O)c(OCC)c1. The summed E-state index contributed by atoms with van der Waals surface area (Å²) >= 11 is 0. The Bertz CT molecular complexity index is 1330. The van der Waals surface area contributed by atoms with Crippen molar-refractivity contribution in [1.82, 2.24) is 15.1 Å². The van der Waals surface area contributed by atoms with Crippen molar-refractivity contribution in [2.24, 2.45) is 10.9 Å². The van der Waals surface area contributed by atoms with E-state index in [1.54, 1.807) is 19.1 Å². The average Bonchev–Trinajstić information content (AvgIpc) is 3.00. The van der Waals surface area contributed by atoms with Gasteiger partial charge in [-0.2, -0.15) is 0 Å². The molecule has 9 nitrogen and oxygen atoms in total. The highest BCUT2D eigenvalue weighted by Gasteiger charge is 2.42. The Morgan fingerprint density at radius 3 is 2.17 bits per heavy atom. The number of rotatable bonds is 8. The van der Waals surface area contributed by atoms with Gasteiger partial charge in [-0.1, -0.05) is 66.7 Å². The highest BCUT2D eigenvalue weighted by Crippen LogP contribution is 2.36. The molecule has 2 N–H and O–H groups in total. The Kier molecular flexibility index (Phi) is 8.84. The maximum absolute atomic E-state index is 13.4. The molecule has 3 aromatic carbocycles. The van der Waals surface area contributed by atoms with Gasteiger partial charge in [-0.25, -0.2) is 4.99 Å². The number of piperazine rings is 1. The van der Waals surface area contributed by atoms with Gasteiger partial charge in [-0.3, -0.25) is 19.8 Å². The second-order valence-corrected chi connectivity index (χ2v) is 10.0. The van der Waals surface area contributed by atoms with Crippen molar-refractivity contribution in [2.45, 2.75) is 25.9 Å². The zero-order chi connectivity index (χ0) is 28.8. The molecule has 2 aliphatic rings. The fourth-order valence-corrected chi connectivity index (χ4v) is 5.53. The molecule has 2 aliphatic heterocycles. The van der Waals surface area contributed by atoms with Crippen LogP contribution in [-0.2, 0) is 14.3 Å². The summed E-state index contributed by atoms with van der Waals surface area (Å²) in [5.74, 6) is -1.56. The van der Waals surface area contributed by atoms with Gasteiger partial charge < -0.3 is 19.5 Å². The fraction of sp³-hybridized carbons (Fsp3) is 0.344. The first-order valence-corrected chi connectivity index (χ1v) is 14.1. The maximum atomic E-state index is 13.4. The number of phenols is 1. The second kappa shape index (κ2) is 12.9. The summed E-state index contributed by atoms with van der Waals surface area (Å²) in [5, 5.41) is 13.1. The molecule has 214 valence electrons. The zero-order valence-electron chi connectivity index (χ0n) is 23.4. The molecule has 0 bridgehead atoms. The minimum atomic E-state index is -1.15. The van der Waals surface area contributed by atoms with Gasteiger partial charge in [0.05, 0.1) is 19.3 Å². The van der Waals surface area contributed by atoms with E-state index in [-0.39, 0.29) is 24.1 Å². The average molecular weight is 557 g/mol. The lowest BCUT2D eigenvalue weighted by atomic mass is 9.91. The third-order valence-corrected chi connectivity index (χ3v) is 7.47.